The Morgan fingerprint density at radius 2 is 1.74 bits per heavy atom. The maximum absolute atomic E-state index is 12.3. The number of fused-ring (bicyclic) bond motifs is 1. The SMILES string of the molecule is Cc1cccc(NC(=O)C(C)Oc2cccc3ccccc23)c1. The van der Waals surface area contributed by atoms with E-state index in [1.54, 1.807) is 6.92 Å². The normalized spacial score (nSPS) is 11.9. The van der Waals surface area contributed by atoms with Crippen molar-refractivity contribution in [1.82, 2.24) is 0 Å². The Morgan fingerprint density at radius 1 is 1.00 bits per heavy atom. The number of aryl methyl sites for hydroxylation is 1. The standard InChI is InChI=1S/C20H19NO2/c1-14-7-5-10-17(13-14)21-20(22)15(2)23-19-12-6-9-16-8-3-4-11-18(16)19/h3-13,15H,1-2H3,(H,21,22). The van der Waals surface area contributed by atoms with Crippen LogP contribution < -0.4 is 10.1 Å². The van der Waals surface area contributed by atoms with E-state index in [-0.39, 0.29) is 5.91 Å². The molecule has 3 nitrogen and oxygen atoms in total. The summed E-state index contributed by atoms with van der Waals surface area (Å²) in [6.45, 7) is 3.75. The Bertz CT molecular complexity index is 836. The van der Waals surface area contributed by atoms with Crippen molar-refractivity contribution in [3.8, 4) is 5.75 Å². The van der Waals surface area contributed by atoms with E-state index in [4.69, 9.17) is 4.74 Å². The van der Waals surface area contributed by atoms with E-state index in [1.807, 2.05) is 73.7 Å². The van der Waals surface area contributed by atoms with Crippen LogP contribution in [-0.4, -0.2) is 12.0 Å². The third-order valence-corrected chi connectivity index (χ3v) is 3.71. The topological polar surface area (TPSA) is 38.3 Å². The first kappa shape index (κ1) is 15.1. The highest BCUT2D eigenvalue weighted by Crippen LogP contribution is 2.26. The minimum absolute atomic E-state index is 0.163. The van der Waals surface area contributed by atoms with Gasteiger partial charge < -0.3 is 10.1 Å². The first-order valence-corrected chi connectivity index (χ1v) is 7.65. The molecule has 1 amide bonds. The zero-order valence-corrected chi connectivity index (χ0v) is 13.2. The molecular weight excluding hydrogens is 286 g/mol. The second-order valence-corrected chi connectivity index (χ2v) is 5.60. The van der Waals surface area contributed by atoms with Crippen LogP contribution in [0, 0.1) is 6.92 Å². The summed E-state index contributed by atoms with van der Waals surface area (Å²) in [6, 6.07) is 21.5. The van der Waals surface area contributed by atoms with Crippen LogP contribution >= 0.6 is 0 Å². The number of benzene rings is 3. The number of carbonyl (C=O) groups excluding carboxylic acids is 1. The van der Waals surface area contributed by atoms with E-state index in [1.165, 1.54) is 0 Å². The maximum atomic E-state index is 12.3. The van der Waals surface area contributed by atoms with Crippen molar-refractivity contribution in [2.24, 2.45) is 0 Å². The Morgan fingerprint density at radius 3 is 2.57 bits per heavy atom. The summed E-state index contributed by atoms with van der Waals surface area (Å²) in [5.41, 5.74) is 1.88. The molecule has 3 aromatic rings. The average molecular weight is 305 g/mol. The van der Waals surface area contributed by atoms with Gasteiger partial charge in [-0.3, -0.25) is 4.79 Å². The number of hydrogen-bond donors (Lipinski definition) is 1. The van der Waals surface area contributed by atoms with Crippen molar-refractivity contribution in [2.75, 3.05) is 5.32 Å². The molecule has 0 aromatic heterocycles. The van der Waals surface area contributed by atoms with Gasteiger partial charge in [-0.2, -0.15) is 0 Å². The lowest BCUT2D eigenvalue weighted by Gasteiger charge is -2.16. The van der Waals surface area contributed by atoms with Crippen molar-refractivity contribution in [3.63, 3.8) is 0 Å². The fraction of sp³-hybridized carbons (Fsp3) is 0.150. The predicted molar refractivity (Wildman–Crippen MR) is 93.8 cm³/mol. The van der Waals surface area contributed by atoms with Crippen LogP contribution in [-0.2, 0) is 4.79 Å². The zero-order valence-electron chi connectivity index (χ0n) is 13.2. The van der Waals surface area contributed by atoms with E-state index in [0.29, 0.717) is 0 Å². The number of anilines is 1. The molecule has 0 aliphatic carbocycles. The van der Waals surface area contributed by atoms with Gasteiger partial charge in [0.25, 0.3) is 5.91 Å². The lowest BCUT2D eigenvalue weighted by atomic mass is 10.1. The average Bonchev–Trinajstić information content (AvgIpc) is 2.55. The third kappa shape index (κ3) is 3.51. The van der Waals surface area contributed by atoms with Crippen LogP contribution in [0.4, 0.5) is 5.69 Å². The first-order chi connectivity index (χ1) is 11.1. The number of rotatable bonds is 4. The van der Waals surface area contributed by atoms with Crippen LogP contribution in [0.15, 0.2) is 66.7 Å². The molecule has 3 rings (SSSR count). The van der Waals surface area contributed by atoms with E-state index in [9.17, 15) is 4.79 Å². The lowest BCUT2D eigenvalue weighted by Crippen LogP contribution is -2.30. The van der Waals surface area contributed by atoms with Crippen LogP contribution in [0.25, 0.3) is 10.8 Å². The molecule has 116 valence electrons. The van der Waals surface area contributed by atoms with Gasteiger partial charge in [0.2, 0.25) is 0 Å². The molecular formula is C20H19NO2. The number of hydrogen-bond acceptors (Lipinski definition) is 2. The highest BCUT2D eigenvalue weighted by Gasteiger charge is 2.16. The van der Waals surface area contributed by atoms with Crippen molar-refractivity contribution < 1.29 is 9.53 Å². The Kier molecular flexibility index (Phi) is 4.29. The molecule has 0 aliphatic rings. The summed E-state index contributed by atoms with van der Waals surface area (Å²) in [7, 11) is 0. The van der Waals surface area contributed by atoms with Crippen molar-refractivity contribution >= 4 is 22.4 Å². The second-order valence-electron chi connectivity index (χ2n) is 5.60. The summed E-state index contributed by atoms with van der Waals surface area (Å²) < 4.78 is 5.88. The van der Waals surface area contributed by atoms with Crippen molar-refractivity contribution in [1.29, 1.82) is 0 Å². The molecule has 3 heteroatoms. The van der Waals surface area contributed by atoms with Crippen LogP contribution in [0.3, 0.4) is 0 Å². The fourth-order valence-electron chi connectivity index (χ4n) is 2.51. The fourth-order valence-corrected chi connectivity index (χ4v) is 2.51. The number of ether oxygens (including phenoxy) is 1. The molecule has 0 fully saturated rings. The molecule has 1 N–H and O–H groups in total. The first-order valence-electron chi connectivity index (χ1n) is 7.65. The molecule has 0 heterocycles. The van der Waals surface area contributed by atoms with Crippen LogP contribution in [0.2, 0.25) is 0 Å². The van der Waals surface area contributed by atoms with E-state index in [0.717, 1.165) is 27.8 Å². The van der Waals surface area contributed by atoms with Gasteiger partial charge in [0.15, 0.2) is 6.10 Å². The van der Waals surface area contributed by atoms with Gasteiger partial charge in [-0.1, -0.05) is 48.5 Å². The monoisotopic (exact) mass is 305 g/mol. The molecule has 0 radical (unpaired) electrons. The van der Waals surface area contributed by atoms with Gasteiger partial charge in [0.1, 0.15) is 5.75 Å². The number of carbonyl (C=O) groups is 1. The molecule has 0 bridgehead atoms. The van der Waals surface area contributed by atoms with Gasteiger partial charge in [0.05, 0.1) is 0 Å². The molecule has 23 heavy (non-hydrogen) atoms. The van der Waals surface area contributed by atoms with Gasteiger partial charge in [-0.15, -0.1) is 0 Å². The minimum Gasteiger partial charge on any atom is -0.480 e. The Balaban J connectivity index is 1.75. The smallest absolute Gasteiger partial charge is 0.265 e. The zero-order chi connectivity index (χ0) is 16.2. The summed E-state index contributed by atoms with van der Waals surface area (Å²) in [5, 5.41) is 4.99. The lowest BCUT2D eigenvalue weighted by molar-refractivity contribution is -0.122. The second kappa shape index (κ2) is 6.53. The molecule has 1 unspecified atom stereocenters. The summed E-state index contributed by atoms with van der Waals surface area (Å²) in [5.74, 6) is 0.554. The highest BCUT2D eigenvalue weighted by atomic mass is 16.5. The summed E-state index contributed by atoms with van der Waals surface area (Å²) in [6.07, 6.45) is -0.582. The Labute approximate surface area is 135 Å². The Hall–Kier alpha value is -2.81. The largest absolute Gasteiger partial charge is 0.480 e. The van der Waals surface area contributed by atoms with Crippen molar-refractivity contribution in [3.05, 3.63) is 72.3 Å². The summed E-state index contributed by atoms with van der Waals surface area (Å²) in [4.78, 5) is 12.3. The van der Waals surface area contributed by atoms with E-state index >= 15 is 0 Å². The van der Waals surface area contributed by atoms with Gasteiger partial charge in [-0.25, -0.2) is 0 Å². The van der Waals surface area contributed by atoms with Crippen molar-refractivity contribution in [2.45, 2.75) is 20.0 Å². The number of nitrogens with one attached hydrogen (secondary N) is 1. The molecule has 0 aliphatic heterocycles. The molecule has 0 spiro atoms. The molecule has 0 saturated heterocycles. The minimum atomic E-state index is -0.582. The highest BCUT2D eigenvalue weighted by molar-refractivity contribution is 5.95. The van der Waals surface area contributed by atoms with Gasteiger partial charge in [0, 0.05) is 11.1 Å². The van der Waals surface area contributed by atoms with Gasteiger partial charge >= 0.3 is 0 Å². The third-order valence-electron chi connectivity index (χ3n) is 3.71. The van der Waals surface area contributed by atoms with Crippen LogP contribution in [0.5, 0.6) is 5.75 Å². The predicted octanol–water partition coefficient (Wildman–Crippen LogP) is 4.55. The molecule has 1 atom stereocenters. The van der Waals surface area contributed by atoms with Gasteiger partial charge in [-0.05, 0) is 43.0 Å². The van der Waals surface area contributed by atoms with E-state index < -0.39 is 6.10 Å². The van der Waals surface area contributed by atoms with Crippen LogP contribution in [0.1, 0.15) is 12.5 Å². The summed E-state index contributed by atoms with van der Waals surface area (Å²) >= 11 is 0. The van der Waals surface area contributed by atoms with E-state index in [2.05, 4.69) is 5.32 Å². The quantitative estimate of drug-likeness (QED) is 0.767. The maximum Gasteiger partial charge on any atom is 0.265 e. The molecule has 0 saturated carbocycles. The molecule has 3 aromatic carbocycles. The number of amides is 1.